The largest absolute Gasteiger partial charge is 0.317 e. The molecule has 10 heavy (non-hydrogen) atoms. The van der Waals surface area contributed by atoms with Gasteiger partial charge in [-0.15, -0.1) is 13.2 Å². The van der Waals surface area contributed by atoms with Gasteiger partial charge in [0.15, 0.2) is 0 Å². The molecule has 0 heterocycles. The van der Waals surface area contributed by atoms with Crippen LogP contribution in [0.4, 0.5) is 0 Å². The van der Waals surface area contributed by atoms with Gasteiger partial charge in [-0.3, -0.25) is 0 Å². The van der Waals surface area contributed by atoms with Gasteiger partial charge in [0, 0.05) is 6.04 Å². The first kappa shape index (κ1) is 12.4. The van der Waals surface area contributed by atoms with E-state index in [4.69, 9.17) is 0 Å². The summed E-state index contributed by atoms with van der Waals surface area (Å²) in [5, 5.41) is 3.20. The number of rotatable bonds is 3. The van der Waals surface area contributed by atoms with Crippen molar-refractivity contribution in [3.8, 4) is 0 Å². The van der Waals surface area contributed by atoms with E-state index in [1.807, 2.05) is 7.05 Å². The van der Waals surface area contributed by atoms with E-state index in [9.17, 15) is 0 Å². The van der Waals surface area contributed by atoms with Crippen molar-refractivity contribution in [2.75, 3.05) is 7.05 Å². The number of hydrogen-bond donors (Lipinski definition) is 1. The molecule has 0 aliphatic carbocycles. The Morgan fingerprint density at radius 1 is 1.20 bits per heavy atom. The van der Waals surface area contributed by atoms with Crippen LogP contribution in [0.25, 0.3) is 0 Å². The summed E-state index contributed by atoms with van der Waals surface area (Å²) in [5.41, 5.74) is 0. The first-order chi connectivity index (χ1) is 4.66. The van der Waals surface area contributed by atoms with Crippen LogP contribution < -0.4 is 5.32 Å². The van der Waals surface area contributed by atoms with Crippen molar-refractivity contribution in [1.82, 2.24) is 5.32 Å². The van der Waals surface area contributed by atoms with Crippen LogP contribution in [0.15, 0.2) is 13.2 Å². The lowest BCUT2D eigenvalue weighted by Gasteiger charge is -2.11. The third kappa shape index (κ3) is 10.6. The van der Waals surface area contributed by atoms with E-state index in [1.54, 1.807) is 0 Å². The van der Waals surface area contributed by atoms with Crippen LogP contribution in [0.3, 0.4) is 0 Å². The highest BCUT2D eigenvalue weighted by atomic mass is 14.8. The van der Waals surface area contributed by atoms with Crippen molar-refractivity contribution in [1.29, 1.82) is 0 Å². The molecule has 0 aliphatic rings. The average molecular weight is 143 g/mol. The summed E-state index contributed by atoms with van der Waals surface area (Å²) >= 11 is 0. The minimum absolute atomic E-state index is 0.676. The van der Waals surface area contributed by atoms with Crippen molar-refractivity contribution >= 4 is 0 Å². The fraction of sp³-hybridized carbons (Fsp3) is 0.778. The quantitative estimate of drug-likeness (QED) is 0.598. The molecule has 1 unspecified atom stereocenters. The standard InChI is InChI=1S/C7H17N.C2H4/c1-6(2)5-7(3)8-4;1-2/h6-8H,5H2,1-4H3;1-2H2. The van der Waals surface area contributed by atoms with E-state index >= 15 is 0 Å². The number of nitrogens with one attached hydrogen (secondary N) is 1. The van der Waals surface area contributed by atoms with Crippen LogP contribution >= 0.6 is 0 Å². The van der Waals surface area contributed by atoms with Crippen LogP contribution in [0.5, 0.6) is 0 Å². The second kappa shape index (κ2) is 8.70. The molecular weight excluding hydrogens is 122 g/mol. The highest BCUT2D eigenvalue weighted by Gasteiger charge is 1.99. The maximum Gasteiger partial charge on any atom is 0.00381 e. The molecule has 0 fully saturated rings. The lowest BCUT2D eigenvalue weighted by atomic mass is 10.1. The third-order valence-corrected chi connectivity index (χ3v) is 1.32. The van der Waals surface area contributed by atoms with Gasteiger partial charge in [0.05, 0.1) is 0 Å². The maximum atomic E-state index is 3.20. The predicted octanol–water partition coefficient (Wildman–Crippen LogP) is 2.44. The van der Waals surface area contributed by atoms with E-state index in [-0.39, 0.29) is 0 Å². The van der Waals surface area contributed by atoms with Gasteiger partial charge in [0.25, 0.3) is 0 Å². The second-order valence-electron chi connectivity index (χ2n) is 2.82. The van der Waals surface area contributed by atoms with Crippen molar-refractivity contribution in [3.05, 3.63) is 13.2 Å². The molecule has 0 aliphatic heterocycles. The molecular formula is C9H21N. The third-order valence-electron chi connectivity index (χ3n) is 1.32. The predicted molar refractivity (Wildman–Crippen MR) is 49.2 cm³/mol. The summed E-state index contributed by atoms with van der Waals surface area (Å²) in [6.07, 6.45) is 1.27. The molecule has 1 N–H and O–H groups in total. The van der Waals surface area contributed by atoms with Crippen molar-refractivity contribution < 1.29 is 0 Å². The highest BCUT2D eigenvalue weighted by molar-refractivity contribution is 4.58. The Balaban J connectivity index is 0. The highest BCUT2D eigenvalue weighted by Crippen LogP contribution is 2.02. The van der Waals surface area contributed by atoms with Crippen molar-refractivity contribution in [2.24, 2.45) is 5.92 Å². The van der Waals surface area contributed by atoms with E-state index < -0.39 is 0 Å². The normalized spacial score (nSPS) is 12.1. The molecule has 1 heteroatoms. The lowest BCUT2D eigenvalue weighted by Crippen LogP contribution is -2.22. The molecule has 62 valence electrons. The molecule has 0 radical (unpaired) electrons. The summed E-state index contributed by atoms with van der Waals surface area (Å²) in [4.78, 5) is 0. The van der Waals surface area contributed by atoms with Gasteiger partial charge in [-0.25, -0.2) is 0 Å². The van der Waals surface area contributed by atoms with Gasteiger partial charge in [0.2, 0.25) is 0 Å². The van der Waals surface area contributed by atoms with E-state index in [1.165, 1.54) is 6.42 Å². The average Bonchev–Trinajstić information content (AvgIpc) is 1.91. The van der Waals surface area contributed by atoms with Crippen molar-refractivity contribution in [3.63, 3.8) is 0 Å². The van der Waals surface area contributed by atoms with E-state index in [0.29, 0.717) is 6.04 Å². The Bertz CT molecular complexity index is 59.7. The SMILES string of the molecule is C=C.CNC(C)CC(C)C. The van der Waals surface area contributed by atoms with Gasteiger partial charge >= 0.3 is 0 Å². The number of hydrogen-bond acceptors (Lipinski definition) is 1. The molecule has 0 amide bonds. The minimum atomic E-state index is 0.676. The molecule has 0 aromatic carbocycles. The monoisotopic (exact) mass is 143 g/mol. The van der Waals surface area contributed by atoms with Crippen LogP contribution in [-0.2, 0) is 0 Å². The Morgan fingerprint density at radius 2 is 1.60 bits per heavy atom. The van der Waals surface area contributed by atoms with Gasteiger partial charge in [-0.2, -0.15) is 0 Å². The zero-order valence-corrected chi connectivity index (χ0v) is 7.78. The molecule has 0 rings (SSSR count). The molecule has 0 saturated carbocycles. The molecule has 0 aromatic rings. The Labute approximate surface area is 65.5 Å². The zero-order valence-electron chi connectivity index (χ0n) is 7.78. The summed E-state index contributed by atoms with van der Waals surface area (Å²) in [6.45, 7) is 12.7. The summed E-state index contributed by atoms with van der Waals surface area (Å²) in [7, 11) is 2.01. The van der Waals surface area contributed by atoms with Crippen LogP contribution in [0.1, 0.15) is 27.2 Å². The molecule has 0 bridgehead atoms. The minimum Gasteiger partial charge on any atom is -0.317 e. The second-order valence-corrected chi connectivity index (χ2v) is 2.82. The smallest absolute Gasteiger partial charge is 0.00381 e. The summed E-state index contributed by atoms with van der Waals surface area (Å²) < 4.78 is 0. The van der Waals surface area contributed by atoms with Gasteiger partial charge in [0.1, 0.15) is 0 Å². The molecule has 1 atom stereocenters. The molecule has 1 nitrogen and oxygen atoms in total. The Hall–Kier alpha value is -0.300. The lowest BCUT2D eigenvalue weighted by molar-refractivity contribution is 0.469. The molecule has 0 spiro atoms. The fourth-order valence-corrected chi connectivity index (χ4v) is 0.825. The van der Waals surface area contributed by atoms with Crippen LogP contribution in [-0.4, -0.2) is 13.1 Å². The maximum absolute atomic E-state index is 3.20. The Kier molecular flexibility index (Phi) is 10.8. The first-order valence-corrected chi connectivity index (χ1v) is 3.84. The summed E-state index contributed by atoms with van der Waals surface area (Å²) in [5.74, 6) is 0.817. The van der Waals surface area contributed by atoms with Crippen LogP contribution in [0, 0.1) is 5.92 Å². The zero-order chi connectivity index (χ0) is 8.57. The topological polar surface area (TPSA) is 12.0 Å². The summed E-state index contributed by atoms with van der Waals surface area (Å²) in [6, 6.07) is 0.676. The van der Waals surface area contributed by atoms with E-state index in [0.717, 1.165) is 5.92 Å². The van der Waals surface area contributed by atoms with Crippen molar-refractivity contribution in [2.45, 2.75) is 33.2 Å². The van der Waals surface area contributed by atoms with Gasteiger partial charge in [-0.1, -0.05) is 13.8 Å². The van der Waals surface area contributed by atoms with E-state index in [2.05, 4.69) is 39.2 Å². The molecule has 0 aromatic heterocycles. The van der Waals surface area contributed by atoms with Gasteiger partial charge in [-0.05, 0) is 26.3 Å². The first-order valence-electron chi connectivity index (χ1n) is 3.84. The van der Waals surface area contributed by atoms with Gasteiger partial charge < -0.3 is 5.32 Å². The Morgan fingerprint density at radius 3 is 1.70 bits per heavy atom. The molecule has 0 saturated heterocycles. The fourth-order valence-electron chi connectivity index (χ4n) is 0.825. The van der Waals surface area contributed by atoms with Crippen LogP contribution in [0.2, 0.25) is 0 Å².